The van der Waals surface area contributed by atoms with Crippen molar-refractivity contribution in [1.82, 2.24) is 15.0 Å². The predicted molar refractivity (Wildman–Crippen MR) is 45.1 cm³/mol. The van der Waals surface area contributed by atoms with Gasteiger partial charge in [-0.25, -0.2) is 9.97 Å². The first-order valence-electron chi connectivity index (χ1n) is 3.30. The third-order valence-electron chi connectivity index (χ3n) is 1.37. The molecule has 0 bridgehead atoms. The lowest BCUT2D eigenvalue weighted by Gasteiger charge is -1.84. The summed E-state index contributed by atoms with van der Waals surface area (Å²) >= 11 is 1.34. The number of carbonyl (C=O) groups is 1. The van der Waals surface area contributed by atoms with E-state index in [1.54, 1.807) is 18.7 Å². The van der Waals surface area contributed by atoms with Crippen molar-refractivity contribution < 1.29 is 4.79 Å². The predicted octanol–water partition coefficient (Wildman–Crippen LogP) is 1.35. The van der Waals surface area contributed by atoms with Gasteiger partial charge in [0.15, 0.2) is 6.29 Å². The number of thiazole rings is 1. The molecule has 2 aromatic rings. The van der Waals surface area contributed by atoms with Crippen molar-refractivity contribution in [3.63, 3.8) is 0 Å². The summed E-state index contributed by atoms with van der Waals surface area (Å²) in [5.74, 6) is 0. The van der Waals surface area contributed by atoms with Crippen LogP contribution in [0.3, 0.4) is 0 Å². The van der Waals surface area contributed by atoms with Crippen LogP contribution >= 0.6 is 11.3 Å². The minimum atomic E-state index is 0.625. The molecule has 0 saturated heterocycles. The van der Waals surface area contributed by atoms with Crippen LogP contribution in [0.4, 0.5) is 0 Å². The molecule has 0 amide bonds. The normalized spacial score (nSPS) is 10.0. The van der Waals surface area contributed by atoms with Crippen LogP contribution in [-0.4, -0.2) is 21.2 Å². The first-order chi connectivity index (χ1) is 5.90. The molecule has 2 heterocycles. The molecular weight excluding hydrogens is 174 g/mol. The molecule has 4 nitrogen and oxygen atoms in total. The zero-order valence-electron chi connectivity index (χ0n) is 6.02. The molecule has 2 rings (SSSR count). The van der Waals surface area contributed by atoms with Crippen LogP contribution in [-0.2, 0) is 0 Å². The first kappa shape index (κ1) is 7.17. The minimum Gasteiger partial charge on any atom is -0.343 e. The van der Waals surface area contributed by atoms with E-state index < -0.39 is 0 Å². The van der Waals surface area contributed by atoms with E-state index in [1.165, 1.54) is 11.3 Å². The van der Waals surface area contributed by atoms with E-state index in [0.717, 1.165) is 17.0 Å². The maximum atomic E-state index is 10.3. The zero-order chi connectivity index (χ0) is 8.39. The van der Waals surface area contributed by atoms with E-state index in [1.807, 2.05) is 0 Å². The van der Waals surface area contributed by atoms with Gasteiger partial charge in [0.1, 0.15) is 5.01 Å². The number of imidazole rings is 1. The molecule has 0 atom stereocenters. The van der Waals surface area contributed by atoms with Crippen molar-refractivity contribution in [2.24, 2.45) is 0 Å². The third kappa shape index (κ3) is 1.14. The van der Waals surface area contributed by atoms with Crippen LogP contribution in [0.5, 0.6) is 0 Å². The number of hydrogen-bond acceptors (Lipinski definition) is 4. The Balaban J connectivity index is 2.41. The molecule has 0 saturated carbocycles. The Kier molecular flexibility index (Phi) is 1.71. The van der Waals surface area contributed by atoms with Crippen molar-refractivity contribution in [3.05, 3.63) is 23.6 Å². The Labute approximate surface area is 72.3 Å². The van der Waals surface area contributed by atoms with E-state index in [0.29, 0.717) is 4.88 Å². The van der Waals surface area contributed by atoms with Gasteiger partial charge in [0.05, 0.1) is 23.1 Å². The summed E-state index contributed by atoms with van der Waals surface area (Å²) in [6.07, 6.45) is 5.59. The lowest BCUT2D eigenvalue weighted by atomic mass is 10.5. The van der Waals surface area contributed by atoms with Crippen LogP contribution in [0.25, 0.3) is 10.7 Å². The van der Waals surface area contributed by atoms with E-state index in [-0.39, 0.29) is 0 Å². The van der Waals surface area contributed by atoms with Crippen LogP contribution < -0.4 is 0 Å². The summed E-state index contributed by atoms with van der Waals surface area (Å²) in [4.78, 5) is 21.8. The van der Waals surface area contributed by atoms with Gasteiger partial charge < -0.3 is 4.98 Å². The number of rotatable bonds is 2. The second-order valence-electron chi connectivity index (χ2n) is 2.15. The van der Waals surface area contributed by atoms with Crippen LogP contribution in [0.2, 0.25) is 0 Å². The average molecular weight is 179 g/mol. The summed E-state index contributed by atoms with van der Waals surface area (Å²) in [5, 5.41) is 0.787. The van der Waals surface area contributed by atoms with Crippen molar-refractivity contribution in [3.8, 4) is 10.7 Å². The molecule has 0 fully saturated rings. The van der Waals surface area contributed by atoms with Gasteiger partial charge >= 0.3 is 0 Å². The van der Waals surface area contributed by atoms with Gasteiger partial charge in [0.2, 0.25) is 0 Å². The molecule has 60 valence electrons. The molecule has 0 aliphatic carbocycles. The Hall–Kier alpha value is -1.49. The highest BCUT2D eigenvalue weighted by Gasteiger charge is 2.03. The van der Waals surface area contributed by atoms with Crippen LogP contribution in [0, 0.1) is 0 Å². The summed E-state index contributed by atoms with van der Waals surface area (Å²) in [6, 6.07) is 0. The van der Waals surface area contributed by atoms with Crippen molar-refractivity contribution in [2.45, 2.75) is 0 Å². The van der Waals surface area contributed by atoms with Gasteiger partial charge in [-0.1, -0.05) is 0 Å². The fourth-order valence-corrected chi connectivity index (χ4v) is 1.54. The highest BCUT2D eigenvalue weighted by molar-refractivity contribution is 7.16. The quantitative estimate of drug-likeness (QED) is 0.708. The lowest BCUT2D eigenvalue weighted by molar-refractivity contribution is 0.112. The number of H-pyrrole nitrogens is 1. The van der Waals surface area contributed by atoms with Gasteiger partial charge in [0.25, 0.3) is 0 Å². The molecule has 0 aliphatic rings. The highest BCUT2D eigenvalue weighted by atomic mass is 32.1. The minimum absolute atomic E-state index is 0.625. The molecule has 0 radical (unpaired) electrons. The number of carbonyl (C=O) groups excluding carboxylic acids is 1. The van der Waals surface area contributed by atoms with Gasteiger partial charge in [-0.3, -0.25) is 4.79 Å². The Morgan fingerprint density at radius 3 is 3.00 bits per heavy atom. The standard InChI is InChI=1S/C7H5N3OS/c11-3-5-1-9-7(12-5)6-2-8-4-10-6/h1-4H,(H,8,10). The zero-order valence-corrected chi connectivity index (χ0v) is 6.84. The second kappa shape index (κ2) is 2.86. The second-order valence-corrected chi connectivity index (χ2v) is 3.21. The Bertz CT molecular complexity index is 379. The third-order valence-corrected chi connectivity index (χ3v) is 2.32. The van der Waals surface area contributed by atoms with Crippen LogP contribution in [0.1, 0.15) is 9.67 Å². The Morgan fingerprint density at radius 2 is 2.42 bits per heavy atom. The van der Waals surface area contributed by atoms with Gasteiger partial charge in [-0.2, -0.15) is 0 Å². The van der Waals surface area contributed by atoms with Crippen molar-refractivity contribution >= 4 is 17.6 Å². The number of aromatic amines is 1. The smallest absolute Gasteiger partial charge is 0.161 e. The van der Waals surface area contributed by atoms with Gasteiger partial charge in [-0.15, -0.1) is 11.3 Å². The van der Waals surface area contributed by atoms with E-state index in [2.05, 4.69) is 15.0 Å². The number of aromatic nitrogens is 3. The first-order valence-corrected chi connectivity index (χ1v) is 4.11. The molecule has 5 heteroatoms. The number of hydrogen-bond donors (Lipinski definition) is 1. The molecule has 12 heavy (non-hydrogen) atoms. The topological polar surface area (TPSA) is 58.6 Å². The molecule has 0 aromatic carbocycles. The monoisotopic (exact) mass is 179 g/mol. The van der Waals surface area contributed by atoms with E-state index in [9.17, 15) is 4.79 Å². The van der Waals surface area contributed by atoms with E-state index in [4.69, 9.17) is 0 Å². The number of nitrogens with zero attached hydrogens (tertiary/aromatic N) is 2. The summed E-state index contributed by atoms with van der Waals surface area (Å²) in [7, 11) is 0. The lowest BCUT2D eigenvalue weighted by Crippen LogP contribution is -1.71. The summed E-state index contributed by atoms with van der Waals surface area (Å²) in [5.41, 5.74) is 0.841. The molecule has 2 aromatic heterocycles. The molecule has 0 unspecified atom stereocenters. The SMILES string of the molecule is O=Cc1cnc(-c2cnc[nH]2)s1. The Morgan fingerprint density at radius 1 is 1.50 bits per heavy atom. The van der Waals surface area contributed by atoms with E-state index >= 15 is 0 Å². The molecule has 1 N–H and O–H groups in total. The fourth-order valence-electron chi connectivity index (χ4n) is 0.838. The summed E-state index contributed by atoms with van der Waals surface area (Å²) in [6.45, 7) is 0. The number of aldehydes is 1. The van der Waals surface area contributed by atoms with Gasteiger partial charge in [-0.05, 0) is 0 Å². The number of nitrogens with one attached hydrogen (secondary N) is 1. The molecule has 0 aliphatic heterocycles. The largest absolute Gasteiger partial charge is 0.343 e. The van der Waals surface area contributed by atoms with Crippen molar-refractivity contribution in [2.75, 3.05) is 0 Å². The van der Waals surface area contributed by atoms with Gasteiger partial charge in [0, 0.05) is 6.20 Å². The van der Waals surface area contributed by atoms with Crippen LogP contribution in [0.15, 0.2) is 18.7 Å². The molecule has 0 spiro atoms. The fraction of sp³-hybridized carbons (Fsp3) is 0. The average Bonchev–Trinajstić information content (AvgIpc) is 2.75. The summed E-state index contributed by atoms with van der Waals surface area (Å²) < 4.78 is 0. The van der Waals surface area contributed by atoms with Crippen molar-refractivity contribution in [1.29, 1.82) is 0 Å². The maximum absolute atomic E-state index is 10.3. The highest BCUT2D eigenvalue weighted by Crippen LogP contribution is 2.21. The molecular formula is C7H5N3OS. The maximum Gasteiger partial charge on any atom is 0.161 e.